The molecule has 0 saturated carbocycles. The van der Waals surface area contributed by atoms with Crippen LogP contribution in [0, 0.1) is 6.92 Å². The van der Waals surface area contributed by atoms with Crippen LogP contribution in [0.25, 0.3) is 10.8 Å². The molecule has 0 aliphatic heterocycles. The number of aryl methyl sites for hydroxylation is 2. The van der Waals surface area contributed by atoms with Gasteiger partial charge in [0.25, 0.3) is 5.89 Å². The largest absolute Gasteiger partial charge is 0.333 e. The lowest BCUT2D eigenvalue weighted by molar-refractivity contribution is 0.419. The van der Waals surface area contributed by atoms with Gasteiger partial charge in [0.15, 0.2) is 5.82 Å². The number of rotatable bonds is 5. The SMILES string of the molecule is CCc1sc(-c2nc(CC(C)NC)no2)cc1C.Cl. The Labute approximate surface area is 124 Å². The van der Waals surface area contributed by atoms with E-state index >= 15 is 0 Å². The number of hydrogen-bond donors (Lipinski definition) is 1. The van der Waals surface area contributed by atoms with E-state index in [1.165, 1.54) is 10.4 Å². The van der Waals surface area contributed by atoms with Gasteiger partial charge in [0.05, 0.1) is 4.88 Å². The van der Waals surface area contributed by atoms with Crippen LogP contribution in [0.15, 0.2) is 10.6 Å². The van der Waals surface area contributed by atoms with Crippen molar-refractivity contribution in [1.29, 1.82) is 0 Å². The number of likely N-dealkylation sites (N-methyl/N-ethyl adjacent to an activating group) is 1. The summed E-state index contributed by atoms with van der Waals surface area (Å²) in [5, 5.41) is 7.19. The molecule has 106 valence electrons. The number of thiophene rings is 1. The van der Waals surface area contributed by atoms with Gasteiger partial charge in [-0.1, -0.05) is 12.1 Å². The molecule has 2 rings (SSSR count). The zero-order chi connectivity index (χ0) is 13.1. The van der Waals surface area contributed by atoms with Crippen molar-refractivity contribution in [3.63, 3.8) is 0 Å². The topological polar surface area (TPSA) is 51.0 Å². The van der Waals surface area contributed by atoms with Gasteiger partial charge in [0.1, 0.15) is 0 Å². The van der Waals surface area contributed by atoms with Crippen LogP contribution in [0.1, 0.15) is 30.1 Å². The van der Waals surface area contributed by atoms with E-state index in [1.807, 2.05) is 7.05 Å². The molecule has 6 heteroatoms. The summed E-state index contributed by atoms with van der Waals surface area (Å²) in [7, 11) is 1.93. The second-order valence-corrected chi connectivity index (χ2v) is 5.62. The maximum atomic E-state index is 5.33. The second-order valence-electron chi connectivity index (χ2n) is 4.48. The average Bonchev–Trinajstić information content (AvgIpc) is 2.95. The van der Waals surface area contributed by atoms with Crippen LogP contribution in [0.4, 0.5) is 0 Å². The number of aromatic nitrogens is 2. The summed E-state index contributed by atoms with van der Waals surface area (Å²) in [6, 6.07) is 2.48. The summed E-state index contributed by atoms with van der Waals surface area (Å²) in [4.78, 5) is 6.90. The summed E-state index contributed by atoms with van der Waals surface area (Å²) in [5.41, 5.74) is 1.31. The maximum Gasteiger partial charge on any atom is 0.268 e. The van der Waals surface area contributed by atoms with Gasteiger partial charge in [-0.25, -0.2) is 0 Å². The smallest absolute Gasteiger partial charge is 0.268 e. The highest BCUT2D eigenvalue weighted by molar-refractivity contribution is 7.15. The molecule has 2 heterocycles. The highest BCUT2D eigenvalue weighted by Gasteiger charge is 2.14. The van der Waals surface area contributed by atoms with Gasteiger partial charge >= 0.3 is 0 Å². The molecule has 0 spiro atoms. The molecule has 0 bridgehead atoms. The van der Waals surface area contributed by atoms with E-state index in [1.54, 1.807) is 11.3 Å². The third kappa shape index (κ3) is 3.78. The van der Waals surface area contributed by atoms with Crippen LogP contribution >= 0.6 is 23.7 Å². The van der Waals surface area contributed by atoms with Gasteiger partial charge in [-0.15, -0.1) is 23.7 Å². The molecule has 0 fully saturated rings. The molecule has 1 unspecified atom stereocenters. The van der Waals surface area contributed by atoms with Crippen molar-refractivity contribution < 1.29 is 4.52 Å². The Balaban J connectivity index is 0.00000180. The van der Waals surface area contributed by atoms with Crippen molar-refractivity contribution in [2.45, 2.75) is 39.7 Å². The molecule has 1 N–H and O–H groups in total. The number of halogens is 1. The lowest BCUT2D eigenvalue weighted by Gasteiger charge is -2.04. The fourth-order valence-corrected chi connectivity index (χ4v) is 2.82. The Hall–Kier alpha value is -0.910. The number of nitrogens with one attached hydrogen (secondary N) is 1. The molecule has 0 aliphatic rings. The standard InChI is InChI=1S/C13H19N3OS.ClH/c1-5-10-8(2)6-11(18-10)13-15-12(16-17-13)7-9(3)14-4;/h6,9,14H,5,7H2,1-4H3;1H. The normalized spacial score (nSPS) is 12.2. The highest BCUT2D eigenvalue weighted by Crippen LogP contribution is 2.30. The van der Waals surface area contributed by atoms with Gasteiger partial charge in [-0.05, 0) is 38.9 Å². The molecule has 19 heavy (non-hydrogen) atoms. The van der Waals surface area contributed by atoms with Gasteiger partial charge < -0.3 is 9.84 Å². The zero-order valence-electron chi connectivity index (χ0n) is 11.7. The van der Waals surface area contributed by atoms with Gasteiger partial charge in [-0.3, -0.25) is 0 Å². The summed E-state index contributed by atoms with van der Waals surface area (Å²) < 4.78 is 5.33. The van der Waals surface area contributed by atoms with E-state index in [2.05, 4.69) is 42.3 Å². The first kappa shape index (κ1) is 16.1. The second kappa shape index (κ2) is 7.03. The number of nitrogens with zero attached hydrogens (tertiary/aromatic N) is 2. The van der Waals surface area contributed by atoms with Crippen LogP contribution in [-0.2, 0) is 12.8 Å². The minimum absolute atomic E-state index is 0. The molecule has 0 radical (unpaired) electrons. The Morgan fingerprint density at radius 2 is 2.21 bits per heavy atom. The first-order chi connectivity index (χ1) is 8.63. The van der Waals surface area contributed by atoms with Crippen molar-refractivity contribution in [3.05, 3.63) is 22.3 Å². The maximum absolute atomic E-state index is 5.33. The van der Waals surface area contributed by atoms with Gasteiger partial charge in [0, 0.05) is 17.3 Å². The molecule has 0 saturated heterocycles. The van der Waals surface area contributed by atoms with Crippen molar-refractivity contribution in [1.82, 2.24) is 15.5 Å². The van der Waals surface area contributed by atoms with Crippen LogP contribution in [0.5, 0.6) is 0 Å². The minimum atomic E-state index is 0. The predicted molar refractivity (Wildman–Crippen MR) is 81.2 cm³/mol. The quantitative estimate of drug-likeness (QED) is 0.921. The van der Waals surface area contributed by atoms with Gasteiger partial charge in [0.2, 0.25) is 0 Å². The minimum Gasteiger partial charge on any atom is -0.333 e. The molecule has 1 atom stereocenters. The predicted octanol–water partition coefficient (Wildman–Crippen LogP) is 3.24. The molecular weight excluding hydrogens is 282 g/mol. The van der Waals surface area contributed by atoms with E-state index in [9.17, 15) is 0 Å². The third-order valence-electron chi connectivity index (χ3n) is 3.00. The van der Waals surface area contributed by atoms with Crippen LogP contribution in [0.3, 0.4) is 0 Å². The van der Waals surface area contributed by atoms with E-state index in [0.717, 1.165) is 23.5 Å². The molecule has 2 aromatic heterocycles. The Kier molecular flexibility index (Phi) is 5.97. The molecular formula is C13H20ClN3OS. The monoisotopic (exact) mass is 301 g/mol. The van der Waals surface area contributed by atoms with E-state index in [0.29, 0.717) is 11.9 Å². The van der Waals surface area contributed by atoms with Crippen LogP contribution in [-0.4, -0.2) is 23.2 Å². The van der Waals surface area contributed by atoms with Crippen LogP contribution < -0.4 is 5.32 Å². The van der Waals surface area contributed by atoms with Gasteiger partial charge in [-0.2, -0.15) is 4.98 Å². The first-order valence-electron chi connectivity index (χ1n) is 6.23. The summed E-state index contributed by atoms with van der Waals surface area (Å²) >= 11 is 1.74. The van der Waals surface area contributed by atoms with Crippen LogP contribution in [0.2, 0.25) is 0 Å². The Morgan fingerprint density at radius 1 is 1.47 bits per heavy atom. The van der Waals surface area contributed by atoms with Crippen molar-refractivity contribution in [3.8, 4) is 10.8 Å². The molecule has 0 aliphatic carbocycles. The highest BCUT2D eigenvalue weighted by atomic mass is 35.5. The Morgan fingerprint density at radius 3 is 2.79 bits per heavy atom. The molecule has 2 aromatic rings. The van der Waals surface area contributed by atoms with Crippen molar-refractivity contribution in [2.24, 2.45) is 0 Å². The van der Waals surface area contributed by atoms with E-state index in [-0.39, 0.29) is 12.4 Å². The summed E-state index contributed by atoms with van der Waals surface area (Å²) in [6.45, 7) is 6.39. The van der Waals surface area contributed by atoms with Crippen molar-refractivity contribution in [2.75, 3.05) is 7.05 Å². The molecule has 0 aromatic carbocycles. The average molecular weight is 302 g/mol. The fourth-order valence-electron chi connectivity index (χ4n) is 1.79. The van der Waals surface area contributed by atoms with E-state index in [4.69, 9.17) is 4.52 Å². The first-order valence-corrected chi connectivity index (χ1v) is 7.05. The fraction of sp³-hybridized carbons (Fsp3) is 0.538. The summed E-state index contributed by atoms with van der Waals surface area (Å²) in [6.07, 6.45) is 1.83. The Bertz CT molecular complexity index is 524. The zero-order valence-corrected chi connectivity index (χ0v) is 13.3. The lowest BCUT2D eigenvalue weighted by Crippen LogP contribution is -2.24. The van der Waals surface area contributed by atoms with E-state index < -0.39 is 0 Å². The molecule has 4 nitrogen and oxygen atoms in total. The lowest BCUT2D eigenvalue weighted by atomic mass is 10.2. The number of hydrogen-bond acceptors (Lipinski definition) is 5. The van der Waals surface area contributed by atoms with Crippen molar-refractivity contribution >= 4 is 23.7 Å². The summed E-state index contributed by atoms with van der Waals surface area (Å²) in [5.74, 6) is 1.40. The molecule has 0 amide bonds. The third-order valence-corrected chi connectivity index (χ3v) is 4.37.